The predicted octanol–water partition coefficient (Wildman–Crippen LogP) is 1.99. The van der Waals surface area contributed by atoms with E-state index < -0.39 is 25.6 Å². The highest BCUT2D eigenvalue weighted by Gasteiger charge is 2.39. The summed E-state index contributed by atoms with van der Waals surface area (Å²) >= 11 is 0. The Bertz CT molecular complexity index is 846. The third-order valence-corrected chi connectivity index (χ3v) is 6.18. The molecule has 0 spiro atoms. The van der Waals surface area contributed by atoms with Crippen molar-refractivity contribution in [1.29, 1.82) is 4.78 Å². The van der Waals surface area contributed by atoms with Gasteiger partial charge >= 0.3 is 0 Å². The Labute approximate surface area is 131 Å². The van der Waals surface area contributed by atoms with Crippen molar-refractivity contribution in [2.24, 2.45) is 5.14 Å². The number of sulfonamides is 1. The molecule has 0 aromatic heterocycles. The molecule has 1 heterocycles. The van der Waals surface area contributed by atoms with E-state index in [-0.39, 0.29) is 4.90 Å². The minimum atomic E-state index is -3.72. The van der Waals surface area contributed by atoms with E-state index in [1.165, 1.54) is 12.1 Å². The van der Waals surface area contributed by atoms with Crippen molar-refractivity contribution in [1.82, 2.24) is 5.32 Å². The van der Waals surface area contributed by atoms with Crippen LogP contribution in [0.2, 0.25) is 0 Å². The van der Waals surface area contributed by atoms with Gasteiger partial charge in [-0.25, -0.2) is 13.6 Å². The van der Waals surface area contributed by atoms with Gasteiger partial charge in [-0.05, 0) is 34.0 Å². The summed E-state index contributed by atoms with van der Waals surface area (Å²) in [5.74, 6) is 0. The molecule has 0 aliphatic carbocycles. The number of benzene rings is 2. The van der Waals surface area contributed by atoms with Gasteiger partial charge in [0, 0.05) is 11.6 Å². The van der Waals surface area contributed by atoms with Gasteiger partial charge in [0.05, 0.1) is 4.90 Å². The Morgan fingerprint density at radius 3 is 2.09 bits per heavy atom. The zero-order valence-electron chi connectivity index (χ0n) is 11.6. The van der Waals surface area contributed by atoms with Crippen molar-refractivity contribution in [3.05, 3.63) is 77.3 Å². The maximum atomic E-state index is 11.4. The summed E-state index contributed by atoms with van der Waals surface area (Å²) in [5, 5.41) is 10.2. The monoisotopic (exact) mass is 333 g/mol. The number of nitrogens with two attached hydrogens (primary N) is 1. The molecule has 7 heteroatoms. The second kappa shape index (κ2) is 5.35. The second-order valence-corrected chi connectivity index (χ2v) is 8.02. The Morgan fingerprint density at radius 1 is 1.00 bits per heavy atom. The van der Waals surface area contributed by atoms with Gasteiger partial charge in [-0.1, -0.05) is 42.5 Å². The predicted molar refractivity (Wildman–Crippen MR) is 87.4 cm³/mol. The first kappa shape index (κ1) is 15.0. The molecular weight excluding hydrogens is 318 g/mol. The minimum absolute atomic E-state index is 0.0651. The molecule has 3 rings (SSSR count). The van der Waals surface area contributed by atoms with Gasteiger partial charge in [-0.2, -0.15) is 0 Å². The van der Waals surface area contributed by atoms with Crippen molar-refractivity contribution >= 4 is 20.7 Å². The van der Waals surface area contributed by atoms with E-state index in [2.05, 4.69) is 5.32 Å². The molecule has 1 aliphatic rings. The molecule has 2 atom stereocenters. The van der Waals surface area contributed by atoms with Crippen LogP contribution in [0.1, 0.15) is 11.1 Å². The lowest BCUT2D eigenvalue weighted by Gasteiger charge is -2.32. The molecule has 0 radical (unpaired) electrons. The molecule has 0 bridgehead atoms. The van der Waals surface area contributed by atoms with E-state index in [4.69, 9.17) is 9.92 Å². The summed E-state index contributed by atoms with van der Waals surface area (Å²) in [7, 11) is -4.54. The molecule has 2 unspecified atom stereocenters. The van der Waals surface area contributed by atoms with E-state index >= 15 is 0 Å². The molecule has 4 N–H and O–H groups in total. The van der Waals surface area contributed by atoms with Crippen molar-refractivity contribution in [2.45, 2.75) is 9.77 Å². The molecule has 2 aromatic rings. The Morgan fingerprint density at radius 2 is 1.59 bits per heavy atom. The molecule has 5 nitrogen and oxygen atoms in total. The molecular formula is C15H15N3O2S2. The highest BCUT2D eigenvalue weighted by Crippen LogP contribution is 2.37. The van der Waals surface area contributed by atoms with E-state index in [9.17, 15) is 8.42 Å². The SMILES string of the molecule is N=S1C=CNC1(c1ccccc1)c1ccc(S(N)(=O)=O)cc1. The van der Waals surface area contributed by atoms with Gasteiger partial charge in [0.1, 0.15) is 4.87 Å². The third-order valence-electron chi connectivity index (χ3n) is 3.59. The number of primary sulfonamides is 1. The summed E-state index contributed by atoms with van der Waals surface area (Å²) in [6.45, 7) is 0. The van der Waals surface area contributed by atoms with E-state index in [1.807, 2.05) is 30.3 Å². The van der Waals surface area contributed by atoms with Crippen LogP contribution in [0.15, 0.2) is 71.1 Å². The zero-order chi connectivity index (χ0) is 15.8. The molecule has 0 saturated carbocycles. The summed E-state index contributed by atoms with van der Waals surface area (Å²) in [6.07, 6.45) is 1.77. The second-order valence-electron chi connectivity index (χ2n) is 4.90. The van der Waals surface area contributed by atoms with Crippen molar-refractivity contribution in [2.75, 3.05) is 0 Å². The topological polar surface area (TPSA) is 96.0 Å². The third kappa shape index (κ3) is 2.37. The first-order valence-corrected chi connectivity index (χ1v) is 9.36. The smallest absolute Gasteiger partial charge is 0.238 e. The average Bonchev–Trinajstić information content (AvgIpc) is 2.90. The number of nitrogens with one attached hydrogen (secondary N) is 2. The summed E-state index contributed by atoms with van der Waals surface area (Å²) < 4.78 is 31.2. The normalized spacial score (nSPS) is 24.1. The molecule has 0 fully saturated rings. The fraction of sp³-hybridized carbons (Fsp3) is 0.0667. The number of hydrogen-bond acceptors (Lipinski definition) is 4. The van der Waals surface area contributed by atoms with Crippen LogP contribution in [0.4, 0.5) is 0 Å². The van der Waals surface area contributed by atoms with Crippen LogP contribution in [-0.2, 0) is 25.6 Å². The maximum absolute atomic E-state index is 11.4. The Hall–Kier alpha value is -1.96. The van der Waals surface area contributed by atoms with Gasteiger partial charge < -0.3 is 5.32 Å². The Balaban J connectivity index is 2.15. The lowest BCUT2D eigenvalue weighted by atomic mass is 9.98. The molecule has 0 amide bonds. The van der Waals surface area contributed by atoms with Gasteiger partial charge in [-0.15, -0.1) is 0 Å². The van der Waals surface area contributed by atoms with Gasteiger partial charge in [0.25, 0.3) is 0 Å². The van der Waals surface area contributed by atoms with Crippen molar-refractivity contribution in [3.63, 3.8) is 0 Å². The van der Waals surface area contributed by atoms with Crippen LogP contribution in [0.5, 0.6) is 0 Å². The van der Waals surface area contributed by atoms with Crippen LogP contribution in [-0.4, -0.2) is 8.42 Å². The highest BCUT2D eigenvalue weighted by molar-refractivity contribution is 7.90. The molecule has 0 saturated heterocycles. The van der Waals surface area contributed by atoms with E-state index in [0.717, 1.165) is 11.1 Å². The van der Waals surface area contributed by atoms with Gasteiger partial charge in [-0.3, -0.25) is 4.78 Å². The lowest BCUT2D eigenvalue weighted by molar-refractivity contribution is 0.597. The first-order chi connectivity index (χ1) is 10.4. The van der Waals surface area contributed by atoms with Crippen molar-refractivity contribution in [3.8, 4) is 0 Å². The number of rotatable bonds is 3. The highest BCUT2D eigenvalue weighted by atomic mass is 32.2. The van der Waals surface area contributed by atoms with E-state index in [0.29, 0.717) is 0 Å². The number of hydrogen-bond donors (Lipinski definition) is 3. The lowest BCUT2D eigenvalue weighted by Crippen LogP contribution is -2.39. The quantitative estimate of drug-likeness (QED) is 0.801. The van der Waals surface area contributed by atoms with Crippen LogP contribution in [0.3, 0.4) is 0 Å². The van der Waals surface area contributed by atoms with Crippen LogP contribution in [0.25, 0.3) is 0 Å². The minimum Gasteiger partial charge on any atom is -0.368 e. The zero-order valence-corrected chi connectivity index (χ0v) is 13.2. The maximum Gasteiger partial charge on any atom is 0.238 e. The molecule has 22 heavy (non-hydrogen) atoms. The van der Waals surface area contributed by atoms with Crippen LogP contribution < -0.4 is 10.5 Å². The van der Waals surface area contributed by atoms with E-state index in [1.54, 1.807) is 23.7 Å². The molecule has 2 aromatic carbocycles. The summed E-state index contributed by atoms with van der Waals surface area (Å²) in [4.78, 5) is -0.631. The molecule has 1 aliphatic heterocycles. The Kier molecular flexibility index (Phi) is 3.64. The van der Waals surface area contributed by atoms with Gasteiger partial charge in [0.2, 0.25) is 10.0 Å². The van der Waals surface area contributed by atoms with Crippen molar-refractivity contribution < 1.29 is 8.42 Å². The average molecular weight is 333 g/mol. The van der Waals surface area contributed by atoms with Crippen LogP contribution >= 0.6 is 0 Å². The fourth-order valence-corrected chi connectivity index (χ4v) is 4.42. The standard InChI is InChI=1S/C15H15N3O2S2/c16-21-11-10-18-15(21,12-4-2-1-3-5-12)13-6-8-14(9-7-13)22(17,19)20/h1-11,16,18H,(H2,17,19,20). The van der Waals surface area contributed by atoms with Crippen LogP contribution in [0, 0.1) is 4.78 Å². The van der Waals surface area contributed by atoms with Gasteiger partial charge in [0.15, 0.2) is 0 Å². The largest absolute Gasteiger partial charge is 0.368 e. The summed E-state index contributed by atoms with van der Waals surface area (Å²) in [5.41, 5.74) is 1.79. The first-order valence-electron chi connectivity index (χ1n) is 6.52. The summed E-state index contributed by atoms with van der Waals surface area (Å²) in [6, 6.07) is 16.1. The molecule has 114 valence electrons. The fourth-order valence-electron chi connectivity index (χ4n) is 2.52.